The van der Waals surface area contributed by atoms with Gasteiger partial charge in [-0.15, -0.1) is 0 Å². The van der Waals surface area contributed by atoms with Gasteiger partial charge in [-0.05, 0) is 67.3 Å². The fourth-order valence-electron chi connectivity index (χ4n) is 4.03. The summed E-state index contributed by atoms with van der Waals surface area (Å²) in [6.45, 7) is 4.95. The van der Waals surface area contributed by atoms with E-state index in [1.165, 1.54) is 18.4 Å². The van der Waals surface area contributed by atoms with Gasteiger partial charge >= 0.3 is 0 Å². The summed E-state index contributed by atoms with van der Waals surface area (Å²) >= 11 is 10.7. The van der Waals surface area contributed by atoms with Crippen LogP contribution in [-0.2, 0) is 26.1 Å². The molecule has 0 saturated heterocycles. The van der Waals surface area contributed by atoms with Crippen LogP contribution in [0.4, 0.5) is 0 Å². The average molecular weight is 813 g/mol. The number of ketones is 1. The number of Topliss-reactive ketones (excluding diaryl/α,β-unsaturated/α-hetero) is 1. The first-order valence-corrected chi connectivity index (χ1v) is 19.4. The molecular formula is C29H31ClI2O5S2. The molecule has 0 spiro atoms. The number of rotatable bonds is 17. The topological polar surface area (TPSA) is 54.0 Å². The molecule has 3 aromatic carbocycles. The van der Waals surface area contributed by atoms with Crippen molar-refractivity contribution in [3.63, 3.8) is 0 Å². The average Bonchev–Trinajstić information content (AvgIpc) is 2.94. The highest BCUT2D eigenvalue weighted by atomic mass is 127. The van der Waals surface area contributed by atoms with Gasteiger partial charge in [0.1, 0.15) is 11.9 Å². The molecule has 3 atom stereocenters. The maximum absolute atomic E-state index is 13.5. The molecule has 0 saturated carbocycles. The second-order valence-electron chi connectivity index (χ2n) is 8.90. The van der Waals surface area contributed by atoms with Gasteiger partial charge in [0.15, 0.2) is 5.78 Å². The third-order valence-electron chi connectivity index (χ3n) is 6.11. The summed E-state index contributed by atoms with van der Waals surface area (Å²) in [6.07, 6.45) is 0.562. The van der Waals surface area contributed by atoms with E-state index in [1.807, 2.05) is 74.5 Å². The number of benzene rings is 3. The largest absolute Gasteiger partial charge is 0.494 e. The summed E-state index contributed by atoms with van der Waals surface area (Å²) in [5.74, 6) is 0.827. The van der Waals surface area contributed by atoms with Crippen LogP contribution in [0.3, 0.4) is 0 Å². The van der Waals surface area contributed by atoms with Gasteiger partial charge in [-0.25, -0.2) is 0 Å². The number of hydrogen-bond acceptors (Lipinski definition) is 7. The second kappa shape index (κ2) is 18.1. The normalized spacial score (nSPS) is 13.6. The first-order valence-electron chi connectivity index (χ1n) is 12.5. The molecule has 0 fully saturated rings. The highest BCUT2D eigenvalue weighted by Gasteiger charge is 2.27. The smallest absolute Gasteiger partial charge is 0.165 e. The van der Waals surface area contributed by atoms with Crippen LogP contribution in [0.1, 0.15) is 53.7 Å². The molecule has 0 N–H and O–H groups in total. The van der Waals surface area contributed by atoms with E-state index in [1.54, 1.807) is 12.1 Å². The maximum Gasteiger partial charge on any atom is 0.165 e. The van der Waals surface area contributed by atoms with Crippen molar-refractivity contribution in [2.45, 2.75) is 58.0 Å². The minimum Gasteiger partial charge on any atom is -0.494 e. The number of ether oxygens (including phenoxy) is 2. The van der Waals surface area contributed by atoms with E-state index in [9.17, 15) is 4.79 Å². The lowest BCUT2D eigenvalue weighted by molar-refractivity contribution is -0.00870. The van der Waals surface area contributed by atoms with Crippen LogP contribution in [0, 0.1) is 0 Å². The summed E-state index contributed by atoms with van der Waals surface area (Å²) in [7, 11) is 2.53. The number of hydrogen-bond donors (Lipinski definition) is 0. The zero-order valence-electron chi connectivity index (χ0n) is 21.7. The maximum atomic E-state index is 13.5. The summed E-state index contributed by atoms with van der Waals surface area (Å²) < 4.78 is 23.4. The van der Waals surface area contributed by atoms with E-state index in [2.05, 4.69) is 42.4 Å². The summed E-state index contributed by atoms with van der Waals surface area (Å²) in [4.78, 5) is 13.5. The molecule has 2 unspecified atom stereocenters. The summed E-state index contributed by atoms with van der Waals surface area (Å²) in [6, 6.07) is 23.4. The van der Waals surface area contributed by atoms with Gasteiger partial charge in [0.2, 0.25) is 0 Å². The number of carbonyl (C=O) groups is 1. The van der Waals surface area contributed by atoms with Crippen LogP contribution in [0.2, 0.25) is 5.02 Å². The SMILES string of the molecule is CCOc1ccc(Cc2cc(C(=O)C[C@H](CC(OSI)C(C)OSI)OCc3ccccc3)ccc2Cl)cc1. The molecule has 0 bridgehead atoms. The van der Waals surface area contributed by atoms with E-state index in [0.717, 1.165) is 22.4 Å². The van der Waals surface area contributed by atoms with Gasteiger partial charge in [0.05, 0.1) is 43.8 Å². The Morgan fingerprint density at radius 1 is 0.949 bits per heavy atom. The molecule has 0 amide bonds. The van der Waals surface area contributed by atoms with Crippen LogP contribution in [-0.4, -0.2) is 30.7 Å². The third-order valence-corrected chi connectivity index (χ3v) is 8.42. The molecule has 0 aliphatic rings. The van der Waals surface area contributed by atoms with Crippen molar-refractivity contribution < 1.29 is 22.6 Å². The highest BCUT2D eigenvalue weighted by Crippen LogP contribution is 2.29. The fraction of sp³-hybridized carbons (Fsp3) is 0.345. The van der Waals surface area contributed by atoms with Crippen molar-refractivity contribution in [1.82, 2.24) is 0 Å². The van der Waals surface area contributed by atoms with Gasteiger partial charge in [-0.1, -0.05) is 54.1 Å². The Bertz CT molecular complexity index is 1150. The van der Waals surface area contributed by atoms with Crippen molar-refractivity contribution in [3.8, 4) is 5.75 Å². The monoisotopic (exact) mass is 812 g/mol. The van der Waals surface area contributed by atoms with Crippen LogP contribution >= 0.6 is 72.4 Å². The first kappa shape index (κ1) is 33.0. The molecule has 5 nitrogen and oxygen atoms in total. The van der Waals surface area contributed by atoms with Crippen molar-refractivity contribution in [2.24, 2.45) is 0 Å². The minimum absolute atomic E-state index is 0.00427. The van der Waals surface area contributed by atoms with Crippen LogP contribution in [0.15, 0.2) is 72.8 Å². The van der Waals surface area contributed by atoms with E-state index in [0.29, 0.717) is 36.6 Å². The van der Waals surface area contributed by atoms with Crippen LogP contribution < -0.4 is 4.74 Å². The quantitative estimate of drug-likeness (QED) is 0.0765. The van der Waals surface area contributed by atoms with Gasteiger partial charge < -0.3 is 9.47 Å². The highest BCUT2D eigenvalue weighted by molar-refractivity contribution is 14.2. The van der Waals surface area contributed by atoms with Gasteiger partial charge in [0.25, 0.3) is 0 Å². The predicted molar refractivity (Wildman–Crippen MR) is 179 cm³/mol. The lowest BCUT2D eigenvalue weighted by atomic mass is 9.97. The molecule has 210 valence electrons. The zero-order valence-corrected chi connectivity index (χ0v) is 28.4. The number of carbonyl (C=O) groups excluding carboxylic acids is 1. The molecule has 0 radical (unpaired) electrons. The Morgan fingerprint density at radius 3 is 2.33 bits per heavy atom. The molecular weight excluding hydrogens is 782 g/mol. The van der Waals surface area contributed by atoms with Gasteiger partial charge in [-0.3, -0.25) is 13.2 Å². The second-order valence-corrected chi connectivity index (χ2v) is 12.1. The standard InChI is InChI=1S/C29H31ClI2O5S2/c1-3-34-25-12-9-21(10-13-25)15-24-16-23(11-14-27(24)30)28(33)17-26(35-19-22-7-5-4-6-8-22)18-29(37-39-32)20(2)36-38-31/h4-14,16,20,26,29H,3,15,17-19H2,1-2H3/t20?,26-,29?/m1/s1. The van der Waals surface area contributed by atoms with Crippen molar-refractivity contribution in [3.05, 3.63) is 100 Å². The lowest BCUT2D eigenvalue weighted by Crippen LogP contribution is -2.32. The molecule has 0 aliphatic carbocycles. The zero-order chi connectivity index (χ0) is 28.0. The Hall–Kier alpha value is -0.540. The molecule has 3 aromatic rings. The van der Waals surface area contributed by atoms with Crippen LogP contribution in [0.25, 0.3) is 0 Å². The Balaban J connectivity index is 1.75. The van der Waals surface area contributed by atoms with E-state index < -0.39 is 0 Å². The first-order chi connectivity index (χ1) is 18.9. The molecule has 3 rings (SSSR count). The molecule has 10 heteroatoms. The molecule has 0 aromatic heterocycles. The summed E-state index contributed by atoms with van der Waals surface area (Å²) in [5.41, 5.74) is 3.65. The van der Waals surface area contributed by atoms with E-state index in [-0.39, 0.29) is 30.5 Å². The molecule has 0 aliphatic heterocycles. The number of halogens is 3. The Kier molecular flexibility index (Phi) is 15.3. The van der Waals surface area contributed by atoms with E-state index in [4.69, 9.17) is 29.4 Å². The molecule has 0 heterocycles. The Labute approximate surface area is 269 Å². The lowest BCUT2D eigenvalue weighted by Gasteiger charge is -2.26. The van der Waals surface area contributed by atoms with E-state index >= 15 is 0 Å². The van der Waals surface area contributed by atoms with Crippen molar-refractivity contribution in [2.75, 3.05) is 6.61 Å². The third kappa shape index (κ3) is 11.3. The van der Waals surface area contributed by atoms with Crippen LogP contribution in [0.5, 0.6) is 5.75 Å². The summed E-state index contributed by atoms with van der Waals surface area (Å²) in [5, 5.41) is 0.632. The molecule has 39 heavy (non-hydrogen) atoms. The minimum atomic E-state index is -0.359. The Morgan fingerprint density at radius 2 is 1.67 bits per heavy atom. The van der Waals surface area contributed by atoms with Crippen molar-refractivity contribution >= 4 is 78.2 Å². The van der Waals surface area contributed by atoms with Crippen molar-refractivity contribution in [1.29, 1.82) is 0 Å². The fourth-order valence-corrected chi connectivity index (χ4v) is 6.57. The van der Waals surface area contributed by atoms with Gasteiger partial charge in [-0.2, -0.15) is 0 Å². The van der Waals surface area contributed by atoms with Gasteiger partial charge in [0, 0.05) is 65.8 Å². The predicted octanol–water partition coefficient (Wildman–Crippen LogP) is 9.66.